The summed E-state index contributed by atoms with van der Waals surface area (Å²) in [6.45, 7) is 1.40. The zero-order valence-corrected chi connectivity index (χ0v) is 9.00. The van der Waals surface area contributed by atoms with Gasteiger partial charge in [0, 0.05) is 18.5 Å². The third-order valence-corrected chi connectivity index (χ3v) is 2.71. The van der Waals surface area contributed by atoms with Gasteiger partial charge in [-0.2, -0.15) is 5.06 Å². The molecule has 86 valence electrons. The van der Waals surface area contributed by atoms with E-state index in [0.29, 0.717) is 31.7 Å². The van der Waals surface area contributed by atoms with Crippen molar-refractivity contribution in [3.8, 4) is 0 Å². The second-order valence-corrected chi connectivity index (χ2v) is 3.89. The second kappa shape index (κ2) is 5.21. The minimum Gasteiger partial charge on any atom is -0.378 e. The molecule has 1 N–H and O–H groups in total. The molecule has 1 aliphatic rings. The van der Waals surface area contributed by atoms with Crippen molar-refractivity contribution >= 4 is 5.78 Å². The van der Waals surface area contributed by atoms with Crippen molar-refractivity contribution in [2.45, 2.75) is 12.5 Å². The number of hydrogen-bond donors (Lipinski definition) is 1. The Kier molecular flexibility index (Phi) is 3.66. The summed E-state index contributed by atoms with van der Waals surface area (Å²) in [6, 6.07) is 8.89. The van der Waals surface area contributed by atoms with E-state index in [4.69, 9.17) is 4.74 Å². The van der Waals surface area contributed by atoms with E-state index in [2.05, 4.69) is 0 Å². The number of morpholine rings is 1. The van der Waals surface area contributed by atoms with Crippen molar-refractivity contribution in [3.05, 3.63) is 35.9 Å². The summed E-state index contributed by atoms with van der Waals surface area (Å²) < 4.78 is 5.24. The maximum absolute atomic E-state index is 11.9. The number of hydroxylamine groups is 2. The molecular weight excluding hydrogens is 206 g/mol. The number of benzene rings is 1. The van der Waals surface area contributed by atoms with E-state index in [1.165, 1.54) is 5.06 Å². The van der Waals surface area contributed by atoms with Gasteiger partial charge in [-0.15, -0.1) is 0 Å². The molecule has 1 atom stereocenters. The van der Waals surface area contributed by atoms with E-state index in [9.17, 15) is 10.0 Å². The summed E-state index contributed by atoms with van der Waals surface area (Å²) in [5, 5.41) is 10.8. The van der Waals surface area contributed by atoms with Crippen LogP contribution in [0.5, 0.6) is 0 Å². The molecule has 0 bridgehead atoms. The highest BCUT2D eigenvalue weighted by Gasteiger charge is 2.24. The molecule has 2 rings (SSSR count). The molecule has 4 nitrogen and oxygen atoms in total. The number of ketones is 1. The maximum Gasteiger partial charge on any atom is 0.164 e. The highest BCUT2D eigenvalue weighted by molar-refractivity contribution is 5.96. The third-order valence-electron chi connectivity index (χ3n) is 2.71. The van der Waals surface area contributed by atoms with Crippen LogP contribution in [0.2, 0.25) is 0 Å². The largest absolute Gasteiger partial charge is 0.378 e. The summed E-state index contributed by atoms with van der Waals surface area (Å²) in [6.07, 6.45) is 0.292. The Labute approximate surface area is 94.4 Å². The first-order valence-electron chi connectivity index (χ1n) is 5.39. The number of Topliss-reactive ketones (excluding diaryl/α,β-unsaturated/α-hetero) is 1. The first-order valence-corrected chi connectivity index (χ1v) is 5.39. The summed E-state index contributed by atoms with van der Waals surface area (Å²) in [7, 11) is 0. The second-order valence-electron chi connectivity index (χ2n) is 3.89. The standard InChI is InChI=1S/C12H15NO3/c14-12(10-4-2-1-3-5-10)8-11-9-16-7-6-13(11)15/h1-5,11,15H,6-9H2/t11-/m1/s1. The Morgan fingerprint density at radius 1 is 1.44 bits per heavy atom. The molecule has 0 unspecified atom stereocenters. The van der Waals surface area contributed by atoms with Gasteiger partial charge in [-0.05, 0) is 0 Å². The monoisotopic (exact) mass is 221 g/mol. The van der Waals surface area contributed by atoms with Crippen LogP contribution in [0.25, 0.3) is 0 Å². The highest BCUT2D eigenvalue weighted by atomic mass is 16.5. The maximum atomic E-state index is 11.9. The van der Waals surface area contributed by atoms with Gasteiger partial charge in [-0.3, -0.25) is 4.79 Å². The van der Waals surface area contributed by atoms with Crippen LogP contribution >= 0.6 is 0 Å². The van der Waals surface area contributed by atoms with Gasteiger partial charge in [0.25, 0.3) is 0 Å². The zero-order chi connectivity index (χ0) is 11.4. The molecule has 0 aromatic heterocycles. The highest BCUT2D eigenvalue weighted by Crippen LogP contribution is 2.12. The van der Waals surface area contributed by atoms with E-state index in [0.717, 1.165) is 0 Å². The molecule has 0 amide bonds. The Morgan fingerprint density at radius 3 is 2.88 bits per heavy atom. The average Bonchev–Trinajstić information content (AvgIpc) is 2.33. The van der Waals surface area contributed by atoms with Gasteiger partial charge in [-0.25, -0.2) is 0 Å². The zero-order valence-electron chi connectivity index (χ0n) is 9.00. The van der Waals surface area contributed by atoms with E-state index >= 15 is 0 Å². The Hall–Kier alpha value is -1.23. The summed E-state index contributed by atoms with van der Waals surface area (Å²) in [4.78, 5) is 11.9. The number of carbonyl (C=O) groups is 1. The molecule has 0 aliphatic carbocycles. The lowest BCUT2D eigenvalue weighted by Gasteiger charge is -2.29. The van der Waals surface area contributed by atoms with E-state index in [1.807, 2.05) is 18.2 Å². The van der Waals surface area contributed by atoms with E-state index in [1.54, 1.807) is 12.1 Å². The molecule has 0 saturated carbocycles. The van der Waals surface area contributed by atoms with Crippen LogP contribution in [0.1, 0.15) is 16.8 Å². The van der Waals surface area contributed by atoms with Crippen molar-refractivity contribution in [1.29, 1.82) is 0 Å². The molecular formula is C12H15NO3. The number of carbonyl (C=O) groups excluding carboxylic acids is 1. The molecule has 0 radical (unpaired) electrons. The molecule has 1 fully saturated rings. The van der Waals surface area contributed by atoms with Crippen molar-refractivity contribution in [3.63, 3.8) is 0 Å². The summed E-state index contributed by atoms with van der Waals surface area (Å²) >= 11 is 0. The minimum absolute atomic E-state index is 0.0372. The van der Waals surface area contributed by atoms with Crippen LogP contribution in [-0.4, -0.2) is 41.9 Å². The predicted octanol–water partition coefficient (Wildman–Crippen LogP) is 1.35. The van der Waals surface area contributed by atoms with E-state index < -0.39 is 0 Å². The fourth-order valence-corrected chi connectivity index (χ4v) is 1.77. The van der Waals surface area contributed by atoms with Crippen molar-refractivity contribution in [2.75, 3.05) is 19.8 Å². The number of hydrogen-bond acceptors (Lipinski definition) is 4. The first kappa shape index (κ1) is 11.3. The Bertz CT molecular complexity index is 353. The lowest BCUT2D eigenvalue weighted by Crippen LogP contribution is -2.44. The smallest absolute Gasteiger partial charge is 0.164 e. The molecule has 1 aromatic carbocycles. The van der Waals surface area contributed by atoms with Gasteiger partial charge in [0.15, 0.2) is 5.78 Å². The molecule has 16 heavy (non-hydrogen) atoms. The van der Waals surface area contributed by atoms with Crippen LogP contribution < -0.4 is 0 Å². The van der Waals surface area contributed by atoms with Gasteiger partial charge in [-0.1, -0.05) is 30.3 Å². The van der Waals surface area contributed by atoms with Crippen LogP contribution in [-0.2, 0) is 4.74 Å². The lowest BCUT2D eigenvalue weighted by molar-refractivity contribution is -0.179. The fourth-order valence-electron chi connectivity index (χ4n) is 1.77. The summed E-state index contributed by atoms with van der Waals surface area (Å²) in [5.74, 6) is 0.0372. The Morgan fingerprint density at radius 2 is 2.19 bits per heavy atom. The third kappa shape index (κ3) is 2.66. The van der Waals surface area contributed by atoms with Gasteiger partial charge < -0.3 is 9.94 Å². The quantitative estimate of drug-likeness (QED) is 0.783. The number of rotatable bonds is 3. The minimum atomic E-state index is -0.221. The van der Waals surface area contributed by atoms with Crippen LogP contribution in [0.4, 0.5) is 0 Å². The van der Waals surface area contributed by atoms with Crippen LogP contribution in [0.15, 0.2) is 30.3 Å². The SMILES string of the molecule is O=C(C[C@@H]1COCCN1O)c1ccccc1. The fraction of sp³-hybridized carbons (Fsp3) is 0.417. The van der Waals surface area contributed by atoms with Gasteiger partial charge in [0.05, 0.1) is 19.3 Å². The number of ether oxygens (including phenoxy) is 1. The topological polar surface area (TPSA) is 49.8 Å². The van der Waals surface area contributed by atoms with Gasteiger partial charge in [0.2, 0.25) is 0 Å². The molecule has 4 heteroatoms. The molecule has 0 spiro atoms. The van der Waals surface area contributed by atoms with Crippen LogP contribution in [0, 0.1) is 0 Å². The van der Waals surface area contributed by atoms with Gasteiger partial charge in [0.1, 0.15) is 0 Å². The normalized spacial score (nSPS) is 21.9. The van der Waals surface area contributed by atoms with Crippen molar-refractivity contribution < 1.29 is 14.7 Å². The predicted molar refractivity (Wildman–Crippen MR) is 58.5 cm³/mol. The average molecular weight is 221 g/mol. The van der Waals surface area contributed by atoms with Crippen molar-refractivity contribution in [1.82, 2.24) is 5.06 Å². The first-order chi connectivity index (χ1) is 7.77. The van der Waals surface area contributed by atoms with Crippen LogP contribution in [0.3, 0.4) is 0 Å². The number of nitrogens with zero attached hydrogens (tertiary/aromatic N) is 1. The molecule has 1 saturated heterocycles. The summed E-state index contributed by atoms with van der Waals surface area (Å²) in [5.41, 5.74) is 0.682. The van der Waals surface area contributed by atoms with Crippen molar-refractivity contribution in [2.24, 2.45) is 0 Å². The molecule has 1 heterocycles. The Balaban J connectivity index is 1.96. The van der Waals surface area contributed by atoms with Gasteiger partial charge >= 0.3 is 0 Å². The molecule has 1 aliphatic heterocycles. The molecule has 1 aromatic rings. The van der Waals surface area contributed by atoms with E-state index in [-0.39, 0.29) is 11.8 Å². The lowest BCUT2D eigenvalue weighted by atomic mass is 10.0.